The molecule has 12 heteroatoms. The van der Waals surface area contributed by atoms with E-state index < -0.39 is 17.8 Å². The third-order valence-electron chi connectivity index (χ3n) is 7.35. The molecule has 1 aliphatic heterocycles. The average molecular weight is 576 g/mol. The van der Waals surface area contributed by atoms with Gasteiger partial charge in [0.25, 0.3) is 5.91 Å². The number of benzene rings is 1. The van der Waals surface area contributed by atoms with Gasteiger partial charge in [0, 0.05) is 43.1 Å². The molecule has 1 saturated carbocycles. The first kappa shape index (κ1) is 27.6. The molecule has 2 amide bonds. The number of rotatable bonds is 9. The number of halogens is 1. The summed E-state index contributed by atoms with van der Waals surface area (Å²) in [5, 5.41) is 7.07. The summed E-state index contributed by atoms with van der Waals surface area (Å²) in [4.78, 5) is 37.2. The molecule has 4 aromatic rings. The minimum absolute atomic E-state index is 0.0619. The second-order valence-corrected chi connectivity index (χ2v) is 10.5. The Morgan fingerprint density at radius 3 is 2.71 bits per heavy atom. The minimum Gasteiger partial charge on any atom is -0.410 e. The smallest absolute Gasteiger partial charge is 0.409 e. The molecule has 1 unspecified atom stereocenters. The molecule has 1 saturated heterocycles. The third kappa shape index (κ3) is 5.76. The van der Waals surface area contributed by atoms with Crippen molar-refractivity contribution in [1.29, 1.82) is 0 Å². The molecule has 3 N–H and O–H groups in total. The highest BCUT2D eigenvalue weighted by atomic mass is 19.1. The number of hydrogen-bond acceptors (Lipinski definition) is 7. The first-order chi connectivity index (χ1) is 20.3. The quantitative estimate of drug-likeness (QED) is 0.261. The standard InChI is InChI=1S/C30H30FN5O6/c1-17(37)25-13-23(26-12-21(42-30(32)39)7-8-35(25)26)29(38)34-24-11-18(16-41-27-4-2-3-9-40-27)10-22(28(24)31)19-14-33-36(15-19)20-5-6-20/h7-8,10-15,20,27H,2-6,9,16H2,1H3,(H2,32,39)(H,34,38). The van der Waals surface area contributed by atoms with E-state index in [4.69, 9.17) is 19.9 Å². The molecule has 1 aromatic carbocycles. The third-order valence-corrected chi connectivity index (χ3v) is 7.35. The summed E-state index contributed by atoms with van der Waals surface area (Å²) in [6.45, 7) is 2.14. The van der Waals surface area contributed by atoms with E-state index in [2.05, 4.69) is 10.4 Å². The molecule has 2 fully saturated rings. The molecule has 3 aromatic heterocycles. The van der Waals surface area contributed by atoms with E-state index in [1.807, 2.05) is 4.68 Å². The lowest BCUT2D eigenvalue weighted by Gasteiger charge is -2.23. The summed E-state index contributed by atoms with van der Waals surface area (Å²) in [5.74, 6) is -1.51. The highest BCUT2D eigenvalue weighted by Crippen LogP contribution is 2.37. The van der Waals surface area contributed by atoms with E-state index >= 15 is 4.39 Å². The largest absolute Gasteiger partial charge is 0.410 e. The summed E-state index contributed by atoms with van der Waals surface area (Å²) in [6, 6.07) is 7.80. The maximum Gasteiger partial charge on any atom is 0.409 e. The van der Waals surface area contributed by atoms with Gasteiger partial charge in [-0.2, -0.15) is 5.10 Å². The van der Waals surface area contributed by atoms with E-state index in [9.17, 15) is 14.4 Å². The first-order valence-electron chi connectivity index (χ1n) is 13.8. The van der Waals surface area contributed by atoms with Gasteiger partial charge in [0.1, 0.15) is 5.75 Å². The molecule has 0 spiro atoms. The van der Waals surface area contributed by atoms with Gasteiger partial charge < -0.3 is 29.7 Å². The predicted molar refractivity (Wildman–Crippen MR) is 150 cm³/mol. The molecule has 2 aliphatic rings. The van der Waals surface area contributed by atoms with Crippen molar-refractivity contribution in [2.75, 3.05) is 11.9 Å². The number of nitrogens with two attached hydrogens (primary N) is 1. The summed E-state index contributed by atoms with van der Waals surface area (Å²) >= 11 is 0. The number of fused-ring (bicyclic) bond motifs is 1. The number of pyridine rings is 1. The minimum atomic E-state index is -1.03. The van der Waals surface area contributed by atoms with Gasteiger partial charge in [-0.1, -0.05) is 0 Å². The maximum absolute atomic E-state index is 16.0. The molecule has 0 bridgehead atoms. The monoisotopic (exact) mass is 575 g/mol. The number of amides is 2. The van der Waals surface area contributed by atoms with Gasteiger partial charge in [-0.25, -0.2) is 9.18 Å². The Labute approximate surface area is 240 Å². The number of aromatic nitrogens is 3. The van der Waals surface area contributed by atoms with Crippen LogP contribution in [-0.2, 0) is 16.1 Å². The van der Waals surface area contributed by atoms with Crippen molar-refractivity contribution in [3.05, 3.63) is 71.6 Å². The second-order valence-electron chi connectivity index (χ2n) is 10.5. The Hall–Kier alpha value is -4.55. The normalized spacial score (nSPS) is 16.9. The van der Waals surface area contributed by atoms with Crippen molar-refractivity contribution in [1.82, 2.24) is 14.2 Å². The molecule has 42 heavy (non-hydrogen) atoms. The van der Waals surface area contributed by atoms with Crippen LogP contribution in [-0.4, -0.2) is 44.9 Å². The summed E-state index contributed by atoms with van der Waals surface area (Å²) in [6.07, 6.45) is 8.34. The van der Waals surface area contributed by atoms with Gasteiger partial charge in [0.15, 0.2) is 17.9 Å². The van der Waals surface area contributed by atoms with E-state index in [0.717, 1.165) is 32.1 Å². The number of Topliss-reactive ketones (excluding diaryl/α,β-unsaturated/α-hetero) is 1. The SMILES string of the molecule is CC(=O)c1cc(C(=O)Nc2cc(COC3CCCCO3)cc(-c3cnn(C4CC4)c3)c2F)c2cc(OC(N)=O)ccn12. The van der Waals surface area contributed by atoms with Crippen LogP contribution in [0.4, 0.5) is 14.9 Å². The van der Waals surface area contributed by atoms with Gasteiger partial charge in [-0.3, -0.25) is 14.3 Å². The Morgan fingerprint density at radius 2 is 2.00 bits per heavy atom. The van der Waals surface area contributed by atoms with E-state index in [-0.39, 0.29) is 52.5 Å². The lowest BCUT2D eigenvalue weighted by Crippen LogP contribution is -2.22. The Bertz CT molecular complexity index is 1680. The maximum atomic E-state index is 16.0. The van der Waals surface area contributed by atoms with Crippen molar-refractivity contribution in [2.45, 2.75) is 58.0 Å². The van der Waals surface area contributed by atoms with Gasteiger partial charge >= 0.3 is 6.09 Å². The zero-order valence-electron chi connectivity index (χ0n) is 23.0. The fraction of sp³-hybridized carbons (Fsp3) is 0.333. The van der Waals surface area contributed by atoms with Gasteiger partial charge in [-0.15, -0.1) is 0 Å². The van der Waals surface area contributed by atoms with Crippen LogP contribution in [0.1, 0.15) is 71.5 Å². The van der Waals surface area contributed by atoms with Crippen molar-refractivity contribution < 1.29 is 33.0 Å². The van der Waals surface area contributed by atoms with Crippen molar-refractivity contribution in [3.8, 4) is 16.9 Å². The number of nitrogens with one attached hydrogen (secondary N) is 1. The van der Waals surface area contributed by atoms with Crippen molar-refractivity contribution in [3.63, 3.8) is 0 Å². The molecule has 218 valence electrons. The second kappa shape index (κ2) is 11.4. The predicted octanol–water partition coefficient (Wildman–Crippen LogP) is 5.23. The highest BCUT2D eigenvalue weighted by Gasteiger charge is 2.26. The van der Waals surface area contributed by atoms with Crippen LogP contribution in [0, 0.1) is 5.82 Å². The Morgan fingerprint density at radius 1 is 1.17 bits per heavy atom. The van der Waals surface area contributed by atoms with Crippen LogP contribution in [0.2, 0.25) is 0 Å². The first-order valence-corrected chi connectivity index (χ1v) is 13.8. The zero-order chi connectivity index (χ0) is 29.4. The number of carbonyl (C=O) groups is 3. The molecule has 11 nitrogen and oxygen atoms in total. The van der Waals surface area contributed by atoms with E-state index in [1.165, 1.54) is 41.8 Å². The summed E-state index contributed by atoms with van der Waals surface area (Å²) in [5.41, 5.74) is 7.14. The number of anilines is 1. The molecule has 1 aliphatic carbocycles. The van der Waals surface area contributed by atoms with Gasteiger partial charge in [-0.05, 0) is 61.9 Å². The number of hydrogen-bond donors (Lipinski definition) is 2. The topological polar surface area (TPSA) is 139 Å². The number of ketones is 1. The van der Waals surface area contributed by atoms with Crippen LogP contribution in [0.15, 0.2) is 48.9 Å². The number of carbonyl (C=O) groups excluding carboxylic acids is 3. The van der Waals surface area contributed by atoms with Gasteiger partial charge in [0.05, 0.1) is 41.3 Å². The van der Waals surface area contributed by atoms with Crippen LogP contribution in [0.3, 0.4) is 0 Å². The fourth-order valence-electron chi connectivity index (χ4n) is 5.12. The molecule has 4 heterocycles. The van der Waals surface area contributed by atoms with Crippen LogP contribution < -0.4 is 15.8 Å². The Balaban J connectivity index is 1.35. The van der Waals surface area contributed by atoms with Crippen molar-refractivity contribution >= 4 is 29.0 Å². The van der Waals surface area contributed by atoms with E-state index in [0.29, 0.717) is 23.8 Å². The van der Waals surface area contributed by atoms with E-state index in [1.54, 1.807) is 18.5 Å². The van der Waals surface area contributed by atoms with Crippen LogP contribution >= 0.6 is 0 Å². The number of nitrogens with zero attached hydrogens (tertiary/aromatic N) is 3. The van der Waals surface area contributed by atoms with Crippen LogP contribution in [0.25, 0.3) is 16.6 Å². The molecular formula is C30H30FN5O6. The number of primary amides is 1. The average Bonchev–Trinajstić information content (AvgIpc) is 3.57. The highest BCUT2D eigenvalue weighted by molar-refractivity contribution is 6.11. The lowest BCUT2D eigenvalue weighted by atomic mass is 10.0. The molecule has 1 atom stereocenters. The Kier molecular flexibility index (Phi) is 7.48. The fourth-order valence-corrected chi connectivity index (χ4v) is 5.12. The van der Waals surface area contributed by atoms with Crippen molar-refractivity contribution in [2.24, 2.45) is 5.73 Å². The lowest BCUT2D eigenvalue weighted by molar-refractivity contribution is -0.168. The summed E-state index contributed by atoms with van der Waals surface area (Å²) < 4.78 is 36.0. The molecule has 6 rings (SSSR count). The van der Waals surface area contributed by atoms with Gasteiger partial charge in [0.2, 0.25) is 0 Å². The molecular weight excluding hydrogens is 545 g/mol. The summed E-state index contributed by atoms with van der Waals surface area (Å²) in [7, 11) is 0. The number of ether oxygens (including phenoxy) is 3. The zero-order valence-corrected chi connectivity index (χ0v) is 23.0. The molecule has 0 radical (unpaired) electrons. The van der Waals surface area contributed by atoms with Crippen LogP contribution in [0.5, 0.6) is 5.75 Å².